The van der Waals surface area contributed by atoms with E-state index >= 15 is 0 Å². The summed E-state index contributed by atoms with van der Waals surface area (Å²) in [6.45, 7) is 2.78. The highest BCUT2D eigenvalue weighted by atomic mass is 16.5. The lowest BCUT2D eigenvalue weighted by atomic mass is 10.2. The smallest absolute Gasteiger partial charge is 0.312 e. The quantitative estimate of drug-likeness (QED) is 0.852. The van der Waals surface area contributed by atoms with Crippen molar-refractivity contribution in [2.24, 2.45) is 5.73 Å². The molecule has 1 aliphatic rings. The molecule has 0 saturated carbocycles. The van der Waals surface area contributed by atoms with E-state index in [-0.39, 0.29) is 11.9 Å². The van der Waals surface area contributed by atoms with Crippen LogP contribution in [0.4, 0.5) is 4.79 Å². The summed E-state index contributed by atoms with van der Waals surface area (Å²) in [5, 5.41) is 2.42. The van der Waals surface area contributed by atoms with Crippen LogP contribution in [0.1, 0.15) is 19.8 Å². The fourth-order valence-electron chi connectivity index (χ4n) is 2.53. The van der Waals surface area contributed by atoms with Gasteiger partial charge in [-0.05, 0) is 31.9 Å². The second-order valence-electron chi connectivity index (χ2n) is 5.18. The SMILES string of the molecule is C[C@H](NC(N)=O)C(=O)N1CCC[C@@H]1COc1ccccc1. The summed E-state index contributed by atoms with van der Waals surface area (Å²) in [6, 6.07) is 8.26. The van der Waals surface area contributed by atoms with E-state index in [4.69, 9.17) is 10.5 Å². The molecule has 0 aliphatic carbocycles. The summed E-state index contributed by atoms with van der Waals surface area (Å²) in [6.07, 6.45) is 1.85. The van der Waals surface area contributed by atoms with Crippen LogP contribution in [0.5, 0.6) is 5.75 Å². The molecule has 0 unspecified atom stereocenters. The third-order valence-electron chi connectivity index (χ3n) is 3.57. The first-order valence-corrected chi connectivity index (χ1v) is 7.12. The molecule has 1 aromatic rings. The minimum Gasteiger partial charge on any atom is -0.491 e. The van der Waals surface area contributed by atoms with Gasteiger partial charge in [0.1, 0.15) is 18.4 Å². The lowest BCUT2D eigenvalue weighted by molar-refractivity contribution is -0.134. The second kappa shape index (κ2) is 6.97. The highest BCUT2D eigenvalue weighted by Crippen LogP contribution is 2.20. The number of urea groups is 1. The van der Waals surface area contributed by atoms with Gasteiger partial charge in [0.25, 0.3) is 0 Å². The van der Waals surface area contributed by atoms with Gasteiger partial charge >= 0.3 is 6.03 Å². The van der Waals surface area contributed by atoms with E-state index in [1.807, 2.05) is 30.3 Å². The van der Waals surface area contributed by atoms with Gasteiger partial charge in [0.15, 0.2) is 0 Å². The van der Waals surface area contributed by atoms with Gasteiger partial charge in [0.05, 0.1) is 6.04 Å². The number of benzene rings is 1. The Labute approximate surface area is 124 Å². The van der Waals surface area contributed by atoms with Crippen molar-refractivity contribution < 1.29 is 14.3 Å². The molecule has 1 saturated heterocycles. The number of carbonyl (C=O) groups excluding carboxylic acids is 2. The van der Waals surface area contributed by atoms with Gasteiger partial charge in [-0.1, -0.05) is 18.2 Å². The molecule has 2 rings (SSSR count). The molecular weight excluding hydrogens is 270 g/mol. The van der Waals surface area contributed by atoms with Gasteiger partial charge < -0.3 is 20.7 Å². The number of hydrogen-bond donors (Lipinski definition) is 2. The van der Waals surface area contributed by atoms with Crippen LogP contribution >= 0.6 is 0 Å². The molecule has 2 atom stereocenters. The molecule has 0 bridgehead atoms. The molecule has 21 heavy (non-hydrogen) atoms. The Bertz CT molecular complexity index is 492. The number of hydrogen-bond acceptors (Lipinski definition) is 3. The zero-order valence-electron chi connectivity index (χ0n) is 12.1. The van der Waals surface area contributed by atoms with Gasteiger partial charge in [0.2, 0.25) is 5.91 Å². The molecule has 1 fully saturated rings. The van der Waals surface area contributed by atoms with E-state index in [0.29, 0.717) is 13.2 Å². The highest BCUT2D eigenvalue weighted by Gasteiger charge is 2.32. The Hall–Kier alpha value is -2.24. The number of likely N-dealkylation sites (tertiary alicyclic amines) is 1. The molecule has 3 amide bonds. The Kier molecular flexibility index (Phi) is 5.03. The van der Waals surface area contributed by atoms with E-state index < -0.39 is 12.1 Å². The molecule has 0 radical (unpaired) electrons. The lowest BCUT2D eigenvalue weighted by Gasteiger charge is -2.27. The highest BCUT2D eigenvalue weighted by molar-refractivity contribution is 5.86. The van der Waals surface area contributed by atoms with Gasteiger partial charge in [-0.15, -0.1) is 0 Å². The minimum atomic E-state index is -0.688. The maximum absolute atomic E-state index is 12.3. The molecule has 1 heterocycles. The minimum absolute atomic E-state index is 0.0369. The summed E-state index contributed by atoms with van der Waals surface area (Å²) in [5.74, 6) is 0.674. The largest absolute Gasteiger partial charge is 0.491 e. The van der Waals surface area contributed by atoms with E-state index in [1.54, 1.807) is 11.8 Å². The third kappa shape index (κ3) is 4.11. The van der Waals surface area contributed by atoms with Crippen LogP contribution in [0, 0.1) is 0 Å². The van der Waals surface area contributed by atoms with Gasteiger partial charge in [0, 0.05) is 6.54 Å². The molecule has 1 aromatic carbocycles. The van der Waals surface area contributed by atoms with Crippen molar-refractivity contribution in [2.45, 2.75) is 31.8 Å². The summed E-state index contributed by atoms with van der Waals surface area (Å²) >= 11 is 0. The van der Waals surface area contributed by atoms with Crippen molar-refractivity contribution in [3.05, 3.63) is 30.3 Å². The second-order valence-corrected chi connectivity index (χ2v) is 5.18. The first kappa shape index (κ1) is 15.2. The molecule has 0 spiro atoms. The van der Waals surface area contributed by atoms with Crippen molar-refractivity contribution in [3.63, 3.8) is 0 Å². The molecule has 6 heteroatoms. The van der Waals surface area contributed by atoms with Gasteiger partial charge in [-0.3, -0.25) is 4.79 Å². The summed E-state index contributed by atoms with van der Waals surface area (Å²) in [7, 11) is 0. The van der Waals surface area contributed by atoms with Crippen molar-refractivity contribution in [2.75, 3.05) is 13.2 Å². The standard InChI is InChI=1S/C15H21N3O3/c1-11(17-15(16)20)14(19)18-9-5-6-12(18)10-21-13-7-3-2-4-8-13/h2-4,7-8,11-12H,5-6,9-10H2,1H3,(H3,16,17,20)/t11-,12+/m0/s1. The fraction of sp³-hybridized carbons (Fsp3) is 0.467. The van der Waals surface area contributed by atoms with Gasteiger partial charge in [-0.25, -0.2) is 4.79 Å². The first-order valence-electron chi connectivity index (χ1n) is 7.12. The monoisotopic (exact) mass is 291 g/mol. The van der Waals surface area contributed by atoms with Crippen molar-refractivity contribution in [1.29, 1.82) is 0 Å². The van der Waals surface area contributed by atoms with Crippen LogP contribution in [0.2, 0.25) is 0 Å². The zero-order valence-corrected chi connectivity index (χ0v) is 12.1. The maximum atomic E-state index is 12.3. The Morgan fingerprint density at radius 2 is 2.14 bits per heavy atom. The van der Waals surface area contributed by atoms with E-state index in [0.717, 1.165) is 18.6 Å². The van der Waals surface area contributed by atoms with Crippen LogP contribution in [0.25, 0.3) is 0 Å². The predicted molar refractivity (Wildman–Crippen MR) is 78.9 cm³/mol. The Morgan fingerprint density at radius 3 is 2.81 bits per heavy atom. The fourth-order valence-corrected chi connectivity index (χ4v) is 2.53. The van der Waals surface area contributed by atoms with Crippen LogP contribution < -0.4 is 15.8 Å². The Morgan fingerprint density at radius 1 is 1.43 bits per heavy atom. The van der Waals surface area contributed by atoms with Gasteiger partial charge in [-0.2, -0.15) is 0 Å². The summed E-state index contributed by atoms with van der Waals surface area (Å²) in [5.41, 5.74) is 5.05. The van der Waals surface area contributed by atoms with Crippen molar-refractivity contribution >= 4 is 11.9 Å². The number of nitrogens with two attached hydrogens (primary N) is 1. The molecule has 6 nitrogen and oxygen atoms in total. The number of nitrogens with one attached hydrogen (secondary N) is 1. The average molecular weight is 291 g/mol. The normalized spacial score (nSPS) is 19.1. The van der Waals surface area contributed by atoms with E-state index in [9.17, 15) is 9.59 Å². The predicted octanol–water partition coefficient (Wildman–Crippen LogP) is 1.11. The van der Waals surface area contributed by atoms with Crippen LogP contribution in [0.3, 0.4) is 0 Å². The number of ether oxygens (including phenoxy) is 1. The maximum Gasteiger partial charge on any atom is 0.312 e. The first-order chi connectivity index (χ1) is 10.1. The van der Waals surface area contributed by atoms with Crippen molar-refractivity contribution in [3.8, 4) is 5.75 Å². The number of rotatable bonds is 5. The summed E-state index contributed by atoms with van der Waals surface area (Å²) < 4.78 is 5.73. The third-order valence-corrected chi connectivity index (χ3v) is 3.57. The van der Waals surface area contributed by atoms with Crippen molar-refractivity contribution in [1.82, 2.24) is 10.2 Å². The number of para-hydroxylation sites is 1. The summed E-state index contributed by atoms with van der Waals surface area (Å²) in [4.78, 5) is 24.9. The number of primary amides is 1. The molecule has 0 aromatic heterocycles. The van der Waals surface area contributed by atoms with Crippen LogP contribution in [-0.4, -0.2) is 42.1 Å². The molecule has 1 aliphatic heterocycles. The zero-order chi connectivity index (χ0) is 15.2. The number of amides is 3. The average Bonchev–Trinajstić information content (AvgIpc) is 2.93. The number of carbonyl (C=O) groups is 2. The van der Waals surface area contributed by atoms with Crippen LogP contribution in [0.15, 0.2) is 30.3 Å². The molecule has 3 N–H and O–H groups in total. The number of nitrogens with zero attached hydrogens (tertiary/aromatic N) is 1. The van der Waals surface area contributed by atoms with Crippen LogP contribution in [-0.2, 0) is 4.79 Å². The topological polar surface area (TPSA) is 84.7 Å². The lowest BCUT2D eigenvalue weighted by Crippen LogP contribution is -2.50. The van der Waals surface area contributed by atoms with E-state index in [2.05, 4.69) is 5.32 Å². The Balaban J connectivity index is 1.90. The van der Waals surface area contributed by atoms with E-state index in [1.165, 1.54) is 0 Å². The molecule has 114 valence electrons. The molecular formula is C15H21N3O3.